The number of ether oxygens (including phenoxy) is 1. The van der Waals surface area contributed by atoms with E-state index in [-0.39, 0.29) is 5.73 Å². The molecular weight excluding hydrogens is 288 g/mol. The van der Waals surface area contributed by atoms with Gasteiger partial charge >= 0.3 is 8.56 Å². The van der Waals surface area contributed by atoms with Crippen LogP contribution in [0.4, 0.5) is 0 Å². The van der Waals surface area contributed by atoms with E-state index in [0.717, 1.165) is 17.7 Å². The molecule has 7 nitrogen and oxygen atoms in total. The topological polar surface area (TPSA) is 82.2 Å². The lowest BCUT2D eigenvalue weighted by molar-refractivity contribution is 0.158. The van der Waals surface area contributed by atoms with E-state index in [1.165, 1.54) is 0 Å². The Bertz CT molecular complexity index is 560. The fraction of sp³-hybridized carbons (Fsp3) is 0.462. The molecule has 0 bridgehead atoms. The normalized spacial score (nSPS) is 13.1. The van der Waals surface area contributed by atoms with Crippen molar-refractivity contribution in [1.82, 2.24) is 20.6 Å². The summed E-state index contributed by atoms with van der Waals surface area (Å²) in [5.74, 6) is 1.27. The molecule has 0 aliphatic carbocycles. The molecule has 1 N–H and O–H groups in total. The predicted molar refractivity (Wildman–Crippen MR) is 80.0 cm³/mol. The summed E-state index contributed by atoms with van der Waals surface area (Å²) in [6.07, 6.45) is 0.802. The second-order valence-electron chi connectivity index (χ2n) is 4.70. The van der Waals surface area contributed by atoms with Crippen molar-refractivity contribution in [1.29, 1.82) is 0 Å². The lowest BCUT2D eigenvalue weighted by Crippen LogP contribution is -2.52. The molecule has 1 atom stereocenters. The van der Waals surface area contributed by atoms with Crippen LogP contribution in [0.15, 0.2) is 24.3 Å². The number of hydrogen-bond acceptors (Lipinski definition) is 6. The molecule has 0 saturated carbocycles. The summed E-state index contributed by atoms with van der Waals surface area (Å²) < 4.78 is 17.2. The lowest BCUT2D eigenvalue weighted by atomic mass is 10.2. The van der Waals surface area contributed by atoms with E-state index >= 15 is 0 Å². The Balaban J connectivity index is 2.20. The minimum absolute atomic E-state index is 0.104. The molecule has 0 radical (unpaired) electrons. The van der Waals surface area contributed by atoms with Crippen molar-refractivity contribution in [2.24, 2.45) is 0 Å². The highest BCUT2D eigenvalue weighted by atomic mass is 28.4. The van der Waals surface area contributed by atoms with Gasteiger partial charge in [-0.25, -0.2) is 0 Å². The molecule has 0 aliphatic heterocycles. The standard InChI is InChI=1S/C13H20N4O3Si/c1-5-12(21(4,18-2)19-3)20-11-8-6-7-10(9-11)13-14-16-17-15-13/h6-9,12H,5H2,1-4H3,(H,14,15,16,17). The molecule has 8 heteroatoms. The number of rotatable bonds is 7. The van der Waals surface area contributed by atoms with Crippen molar-refractivity contribution in [3.8, 4) is 17.1 Å². The van der Waals surface area contributed by atoms with Crippen LogP contribution in [-0.2, 0) is 8.85 Å². The summed E-state index contributed by atoms with van der Waals surface area (Å²) in [5.41, 5.74) is 0.738. The van der Waals surface area contributed by atoms with Crippen LogP contribution in [0.2, 0.25) is 6.55 Å². The Morgan fingerprint density at radius 3 is 2.62 bits per heavy atom. The van der Waals surface area contributed by atoms with Gasteiger partial charge in [0.15, 0.2) is 0 Å². The first-order valence-electron chi connectivity index (χ1n) is 6.73. The maximum absolute atomic E-state index is 6.07. The molecule has 0 saturated heterocycles. The van der Waals surface area contributed by atoms with Crippen molar-refractivity contribution >= 4 is 8.56 Å². The maximum atomic E-state index is 6.07. The van der Waals surface area contributed by atoms with Gasteiger partial charge < -0.3 is 13.6 Å². The summed E-state index contributed by atoms with van der Waals surface area (Å²) in [4.78, 5) is 0. The molecule has 0 aliphatic rings. The molecular formula is C13H20N4O3Si. The highest BCUT2D eigenvalue weighted by Crippen LogP contribution is 2.24. The number of nitrogens with one attached hydrogen (secondary N) is 1. The summed E-state index contributed by atoms with van der Waals surface area (Å²) in [7, 11) is 0.963. The van der Waals surface area contributed by atoms with Gasteiger partial charge in [-0.05, 0) is 30.3 Å². The van der Waals surface area contributed by atoms with Crippen LogP contribution >= 0.6 is 0 Å². The van der Waals surface area contributed by atoms with Gasteiger partial charge in [-0.2, -0.15) is 5.21 Å². The molecule has 1 unspecified atom stereocenters. The van der Waals surface area contributed by atoms with E-state index in [1.807, 2.05) is 30.8 Å². The third-order valence-corrected chi connectivity index (χ3v) is 6.80. The average Bonchev–Trinajstić information content (AvgIpc) is 3.06. The third-order valence-electron chi connectivity index (χ3n) is 3.48. The molecule has 1 aromatic heterocycles. The average molecular weight is 308 g/mol. The van der Waals surface area contributed by atoms with Crippen molar-refractivity contribution in [3.05, 3.63) is 24.3 Å². The zero-order valence-electron chi connectivity index (χ0n) is 12.7. The fourth-order valence-electron chi connectivity index (χ4n) is 2.06. The number of aromatic amines is 1. The van der Waals surface area contributed by atoms with E-state index in [0.29, 0.717) is 5.82 Å². The van der Waals surface area contributed by atoms with Crippen molar-refractivity contribution < 1.29 is 13.6 Å². The highest BCUT2D eigenvalue weighted by molar-refractivity contribution is 6.67. The van der Waals surface area contributed by atoms with Gasteiger partial charge in [0.25, 0.3) is 0 Å². The molecule has 0 fully saturated rings. The third kappa shape index (κ3) is 3.46. The second kappa shape index (κ2) is 6.79. The van der Waals surface area contributed by atoms with Crippen LogP contribution in [0.3, 0.4) is 0 Å². The van der Waals surface area contributed by atoms with E-state index in [9.17, 15) is 0 Å². The van der Waals surface area contributed by atoms with Crippen molar-refractivity contribution in [2.45, 2.75) is 25.6 Å². The SMILES string of the molecule is CCC(Oc1cccc(-c2nn[nH]n2)c1)[Si](C)(OC)OC. The van der Waals surface area contributed by atoms with E-state index in [2.05, 4.69) is 27.5 Å². The Hall–Kier alpha value is -1.77. The van der Waals surface area contributed by atoms with Crippen LogP contribution in [-0.4, -0.2) is 49.1 Å². The largest absolute Gasteiger partial charge is 0.488 e. The summed E-state index contributed by atoms with van der Waals surface area (Å²) in [6.45, 7) is 4.04. The fourth-order valence-corrected chi connectivity index (χ4v) is 3.85. The van der Waals surface area contributed by atoms with Gasteiger partial charge in [-0.1, -0.05) is 19.1 Å². The van der Waals surface area contributed by atoms with E-state index in [4.69, 9.17) is 13.6 Å². The molecule has 1 heterocycles. The summed E-state index contributed by atoms with van der Waals surface area (Å²) in [5, 5.41) is 13.9. The smallest absolute Gasteiger partial charge is 0.376 e. The Labute approximate surface area is 124 Å². The van der Waals surface area contributed by atoms with Gasteiger partial charge in [-0.3, -0.25) is 0 Å². The minimum Gasteiger partial charge on any atom is -0.488 e. The Kier molecular flexibility index (Phi) is 5.05. The Morgan fingerprint density at radius 1 is 1.29 bits per heavy atom. The van der Waals surface area contributed by atoms with Crippen LogP contribution in [0.25, 0.3) is 11.4 Å². The van der Waals surface area contributed by atoms with Crippen molar-refractivity contribution in [2.75, 3.05) is 14.2 Å². The van der Waals surface area contributed by atoms with E-state index < -0.39 is 8.56 Å². The number of H-pyrrole nitrogens is 1. The first-order chi connectivity index (χ1) is 10.1. The quantitative estimate of drug-likeness (QED) is 0.787. The molecule has 1 aromatic carbocycles. The predicted octanol–water partition coefficient (Wildman–Crippen LogP) is 1.93. The van der Waals surface area contributed by atoms with Crippen LogP contribution in [0, 0.1) is 0 Å². The monoisotopic (exact) mass is 308 g/mol. The highest BCUT2D eigenvalue weighted by Gasteiger charge is 2.40. The summed E-state index contributed by atoms with van der Waals surface area (Å²) in [6, 6.07) is 7.58. The molecule has 114 valence electrons. The molecule has 0 amide bonds. The van der Waals surface area contributed by atoms with Gasteiger partial charge in [0, 0.05) is 19.8 Å². The number of nitrogens with zero attached hydrogens (tertiary/aromatic N) is 3. The maximum Gasteiger partial charge on any atom is 0.376 e. The Morgan fingerprint density at radius 2 is 2.05 bits per heavy atom. The summed E-state index contributed by atoms with van der Waals surface area (Å²) >= 11 is 0. The van der Waals surface area contributed by atoms with Crippen LogP contribution < -0.4 is 4.74 Å². The zero-order chi connectivity index (χ0) is 15.3. The van der Waals surface area contributed by atoms with E-state index in [1.54, 1.807) is 14.2 Å². The lowest BCUT2D eigenvalue weighted by Gasteiger charge is -2.31. The number of hydrogen-bond donors (Lipinski definition) is 1. The van der Waals surface area contributed by atoms with Gasteiger partial charge in [0.05, 0.1) is 0 Å². The molecule has 0 spiro atoms. The minimum atomic E-state index is -2.37. The van der Waals surface area contributed by atoms with Crippen LogP contribution in [0.5, 0.6) is 5.75 Å². The molecule has 2 aromatic rings. The molecule has 2 rings (SSSR count). The van der Waals surface area contributed by atoms with Crippen LogP contribution in [0.1, 0.15) is 13.3 Å². The van der Waals surface area contributed by atoms with Crippen molar-refractivity contribution in [3.63, 3.8) is 0 Å². The first kappa shape index (κ1) is 15.6. The van der Waals surface area contributed by atoms with Gasteiger partial charge in [-0.15, -0.1) is 10.2 Å². The van der Waals surface area contributed by atoms with Gasteiger partial charge in [0.2, 0.25) is 5.82 Å². The molecule has 21 heavy (non-hydrogen) atoms. The zero-order valence-corrected chi connectivity index (χ0v) is 13.7. The number of benzene rings is 1. The first-order valence-corrected chi connectivity index (χ1v) is 9.13. The van der Waals surface area contributed by atoms with Gasteiger partial charge in [0.1, 0.15) is 11.5 Å². The second-order valence-corrected chi connectivity index (χ2v) is 8.19. The number of aromatic nitrogens is 4. The number of tetrazole rings is 1.